The second-order valence-electron chi connectivity index (χ2n) is 2.93. The normalized spacial score (nSPS) is 10.3. The summed E-state index contributed by atoms with van der Waals surface area (Å²) in [5.74, 6) is 0. The van der Waals surface area contributed by atoms with Crippen molar-refractivity contribution >= 4 is 23.2 Å². The van der Waals surface area contributed by atoms with E-state index in [2.05, 4.69) is 6.92 Å². The van der Waals surface area contributed by atoms with Crippen LogP contribution in [0.5, 0.6) is 0 Å². The van der Waals surface area contributed by atoms with E-state index in [0.29, 0.717) is 0 Å². The first-order valence-electron chi connectivity index (χ1n) is 4.09. The molecule has 0 unspecified atom stereocenters. The van der Waals surface area contributed by atoms with Crippen LogP contribution in [0.2, 0.25) is 10.0 Å². The molecule has 2 heteroatoms. The van der Waals surface area contributed by atoms with Crippen LogP contribution in [0.4, 0.5) is 0 Å². The Balaban J connectivity index is 3.04. The van der Waals surface area contributed by atoms with E-state index in [1.54, 1.807) is 0 Å². The van der Waals surface area contributed by atoms with Gasteiger partial charge in [-0.2, -0.15) is 0 Å². The highest BCUT2D eigenvalue weighted by Crippen LogP contribution is 2.25. The standard InChI is InChI=1S/C10H12Cl2/c1-3-4-8-5-9(11)7(2)10(12)6-8/h5-6H,3-4H2,1-2H3. The van der Waals surface area contributed by atoms with E-state index < -0.39 is 0 Å². The number of rotatable bonds is 2. The highest BCUT2D eigenvalue weighted by molar-refractivity contribution is 6.36. The van der Waals surface area contributed by atoms with Crippen molar-refractivity contribution in [1.82, 2.24) is 0 Å². The molecule has 0 aliphatic rings. The molecule has 12 heavy (non-hydrogen) atoms. The van der Waals surface area contributed by atoms with Gasteiger partial charge in [0.1, 0.15) is 0 Å². The first-order valence-corrected chi connectivity index (χ1v) is 4.85. The summed E-state index contributed by atoms with van der Waals surface area (Å²) in [6, 6.07) is 3.98. The smallest absolute Gasteiger partial charge is 0.0452 e. The number of hydrogen-bond acceptors (Lipinski definition) is 0. The molecule has 0 aliphatic carbocycles. The van der Waals surface area contributed by atoms with E-state index in [1.165, 1.54) is 5.56 Å². The van der Waals surface area contributed by atoms with Crippen LogP contribution in [0.15, 0.2) is 12.1 Å². The minimum atomic E-state index is 0.769. The van der Waals surface area contributed by atoms with Crippen molar-refractivity contribution in [2.24, 2.45) is 0 Å². The van der Waals surface area contributed by atoms with E-state index in [0.717, 1.165) is 28.5 Å². The van der Waals surface area contributed by atoms with Gasteiger partial charge >= 0.3 is 0 Å². The van der Waals surface area contributed by atoms with Crippen LogP contribution < -0.4 is 0 Å². The monoisotopic (exact) mass is 202 g/mol. The fourth-order valence-corrected chi connectivity index (χ4v) is 1.66. The molecule has 0 heterocycles. The molecular weight excluding hydrogens is 191 g/mol. The van der Waals surface area contributed by atoms with E-state index >= 15 is 0 Å². The van der Waals surface area contributed by atoms with Crippen molar-refractivity contribution in [1.29, 1.82) is 0 Å². The molecule has 0 nitrogen and oxygen atoms in total. The molecule has 0 aromatic heterocycles. The molecule has 1 aromatic carbocycles. The maximum Gasteiger partial charge on any atom is 0.0452 e. The van der Waals surface area contributed by atoms with Gasteiger partial charge in [0, 0.05) is 10.0 Å². The molecular formula is C10H12Cl2. The minimum Gasteiger partial charge on any atom is -0.0840 e. The lowest BCUT2D eigenvalue weighted by Gasteiger charge is -2.04. The van der Waals surface area contributed by atoms with Crippen molar-refractivity contribution in [2.75, 3.05) is 0 Å². The molecule has 1 aromatic rings. The van der Waals surface area contributed by atoms with E-state index in [1.807, 2.05) is 19.1 Å². The van der Waals surface area contributed by atoms with Crippen molar-refractivity contribution in [3.63, 3.8) is 0 Å². The lowest BCUT2D eigenvalue weighted by molar-refractivity contribution is 0.921. The van der Waals surface area contributed by atoms with Gasteiger partial charge in [0.15, 0.2) is 0 Å². The minimum absolute atomic E-state index is 0.769. The molecule has 1 rings (SSSR count). The van der Waals surface area contributed by atoms with Gasteiger partial charge in [-0.15, -0.1) is 0 Å². The average Bonchev–Trinajstić information content (AvgIpc) is 2.01. The van der Waals surface area contributed by atoms with Crippen LogP contribution in [0, 0.1) is 6.92 Å². The quantitative estimate of drug-likeness (QED) is 0.673. The highest BCUT2D eigenvalue weighted by atomic mass is 35.5. The predicted octanol–water partition coefficient (Wildman–Crippen LogP) is 4.25. The Bertz CT molecular complexity index is 256. The summed E-state index contributed by atoms with van der Waals surface area (Å²) in [5.41, 5.74) is 2.19. The van der Waals surface area contributed by atoms with Crippen LogP contribution in [0.3, 0.4) is 0 Å². The largest absolute Gasteiger partial charge is 0.0840 e. The maximum absolute atomic E-state index is 5.97. The molecule has 0 atom stereocenters. The van der Waals surface area contributed by atoms with Crippen LogP contribution in [0.25, 0.3) is 0 Å². The van der Waals surface area contributed by atoms with Gasteiger partial charge in [-0.25, -0.2) is 0 Å². The van der Waals surface area contributed by atoms with Gasteiger partial charge in [-0.05, 0) is 36.6 Å². The van der Waals surface area contributed by atoms with Gasteiger partial charge in [-0.3, -0.25) is 0 Å². The van der Waals surface area contributed by atoms with Crippen LogP contribution in [-0.4, -0.2) is 0 Å². The Morgan fingerprint density at radius 2 is 1.67 bits per heavy atom. The summed E-state index contributed by atoms with van der Waals surface area (Å²) in [6.07, 6.45) is 2.16. The summed E-state index contributed by atoms with van der Waals surface area (Å²) in [4.78, 5) is 0. The number of hydrogen-bond donors (Lipinski definition) is 0. The van der Waals surface area contributed by atoms with Gasteiger partial charge in [-0.1, -0.05) is 36.5 Å². The van der Waals surface area contributed by atoms with Crippen molar-refractivity contribution in [2.45, 2.75) is 26.7 Å². The van der Waals surface area contributed by atoms with Gasteiger partial charge in [0.2, 0.25) is 0 Å². The Kier molecular flexibility index (Phi) is 3.42. The Labute approximate surface area is 83.5 Å². The maximum atomic E-state index is 5.97. The van der Waals surface area contributed by atoms with E-state index in [-0.39, 0.29) is 0 Å². The molecule has 0 saturated carbocycles. The average molecular weight is 203 g/mol. The molecule has 0 fully saturated rings. The molecule has 0 radical (unpaired) electrons. The number of halogens is 2. The van der Waals surface area contributed by atoms with Crippen molar-refractivity contribution in [3.05, 3.63) is 33.3 Å². The van der Waals surface area contributed by atoms with Crippen molar-refractivity contribution < 1.29 is 0 Å². The zero-order valence-corrected chi connectivity index (χ0v) is 8.84. The molecule has 0 bridgehead atoms. The Morgan fingerprint density at radius 1 is 1.17 bits per heavy atom. The van der Waals surface area contributed by atoms with Gasteiger partial charge < -0.3 is 0 Å². The zero-order valence-electron chi connectivity index (χ0n) is 7.32. The fraction of sp³-hybridized carbons (Fsp3) is 0.400. The number of aryl methyl sites for hydroxylation is 1. The van der Waals surface area contributed by atoms with Gasteiger partial charge in [0.25, 0.3) is 0 Å². The zero-order chi connectivity index (χ0) is 9.14. The van der Waals surface area contributed by atoms with Crippen LogP contribution in [-0.2, 0) is 6.42 Å². The van der Waals surface area contributed by atoms with Crippen molar-refractivity contribution in [3.8, 4) is 0 Å². The summed E-state index contributed by atoms with van der Waals surface area (Å²) < 4.78 is 0. The molecule has 0 amide bonds. The first-order chi connectivity index (χ1) is 5.65. The lowest BCUT2D eigenvalue weighted by atomic mass is 10.1. The second kappa shape index (κ2) is 4.15. The second-order valence-corrected chi connectivity index (χ2v) is 3.75. The van der Waals surface area contributed by atoms with Gasteiger partial charge in [0.05, 0.1) is 0 Å². The molecule has 0 spiro atoms. The van der Waals surface area contributed by atoms with Crippen LogP contribution in [0.1, 0.15) is 24.5 Å². The Hall–Kier alpha value is -0.200. The lowest BCUT2D eigenvalue weighted by Crippen LogP contribution is -1.86. The van der Waals surface area contributed by atoms with E-state index in [9.17, 15) is 0 Å². The summed E-state index contributed by atoms with van der Waals surface area (Å²) >= 11 is 11.9. The third-order valence-corrected chi connectivity index (χ3v) is 2.66. The summed E-state index contributed by atoms with van der Waals surface area (Å²) in [5, 5.41) is 1.54. The summed E-state index contributed by atoms with van der Waals surface area (Å²) in [6.45, 7) is 4.07. The topological polar surface area (TPSA) is 0 Å². The first kappa shape index (κ1) is 9.88. The Morgan fingerprint density at radius 3 is 2.08 bits per heavy atom. The highest BCUT2D eigenvalue weighted by Gasteiger charge is 2.02. The third-order valence-electron chi connectivity index (χ3n) is 1.88. The predicted molar refractivity (Wildman–Crippen MR) is 55.2 cm³/mol. The summed E-state index contributed by atoms with van der Waals surface area (Å²) in [7, 11) is 0. The molecule has 66 valence electrons. The third kappa shape index (κ3) is 2.15. The number of benzene rings is 1. The molecule has 0 saturated heterocycles. The molecule has 0 aliphatic heterocycles. The fourth-order valence-electron chi connectivity index (χ4n) is 1.13. The SMILES string of the molecule is CCCc1cc(Cl)c(C)c(Cl)c1. The van der Waals surface area contributed by atoms with Crippen LogP contribution >= 0.6 is 23.2 Å². The molecule has 0 N–H and O–H groups in total. The van der Waals surface area contributed by atoms with E-state index in [4.69, 9.17) is 23.2 Å².